The molecule has 4 saturated heterocycles. The molecule has 0 amide bonds. The maximum Gasteiger partial charge on any atom is 0.315 e. The van der Waals surface area contributed by atoms with E-state index in [2.05, 4.69) is 54.5 Å². The molecule has 4 aliphatic heterocycles. The van der Waals surface area contributed by atoms with Crippen molar-refractivity contribution >= 4 is 5.97 Å². The molecule has 21 heteroatoms. The molecule has 0 radical (unpaired) electrons. The van der Waals surface area contributed by atoms with Gasteiger partial charge in [0.2, 0.25) is 6.29 Å². The van der Waals surface area contributed by atoms with Gasteiger partial charge in [-0.2, -0.15) is 0 Å². The summed E-state index contributed by atoms with van der Waals surface area (Å²) < 4.78 is 47.1. The van der Waals surface area contributed by atoms with Crippen LogP contribution < -0.4 is 0 Å². The smallest absolute Gasteiger partial charge is 0.315 e. The summed E-state index contributed by atoms with van der Waals surface area (Å²) in [4.78, 5) is 15.1. The fourth-order valence-corrected chi connectivity index (χ4v) is 16.1. The molecular weight excluding hydrogens is 973 g/mol. The lowest BCUT2D eigenvalue weighted by Gasteiger charge is -2.71. The van der Waals surface area contributed by atoms with Crippen molar-refractivity contribution in [2.45, 2.75) is 242 Å². The first-order valence-electron chi connectivity index (χ1n) is 27.1. The molecular formula is C53H86O21. The Hall–Kier alpha value is -1.55. The lowest BCUT2D eigenvalue weighted by atomic mass is 9.33. The summed E-state index contributed by atoms with van der Waals surface area (Å²) >= 11 is 0. The Bertz CT molecular complexity index is 2040. The highest BCUT2D eigenvalue weighted by molar-refractivity contribution is 5.79. The fraction of sp³-hybridized carbons (Fsp3) is 0.943. The normalized spacial score (nSPS) is 54.1. The van der Waals surface area contributed by atoms with Gasteiger partial charge in [0.1, 0.15) is 85.5 Å². The van der Waals surface area contributed by atoms with E-state index < -0.39 is 141 Å². The molecule has 0 spiro atoms. The maximum atomic E-state index is 15.1. The number of esters is 1. The average Bonchev–Trinajstić information content (AvgIpc) is 3.34. The van der Waals surface area contributed by atoms with Gasteiger partial charge in [-0.05, 0) is 116 Å². The molecule has 12 N–H and O–H groups in total. The molecule has 0 aromatic heterocycles. The second-order valence-corrected chi connectivity index (χ2v) is 25.8. The minimum atomic E-state index is -1.86. The SMILES string of the molecule is C[C@@H]1O[C@@H](O[C@H]2[C@H](O)[C@@H](O)[C@H](OC[C@H]3O[C@@H](OC(=O)C45CCC(C)(C)C[C@H]4C4=CC[C@H]6C(C)(CC[C@H]7C(C)(C)[C@@H](O[C@@H]8OC[C@H](O)[C@H](O)[C@H]8O)CC[C@@]76C)C4(C)CC5)[C@H](O)[C@@H](O)[C@@H]3O)O[C@@H]2CO)[C@H](O)[C@H](O)[C@H]1O. The third-order valence-electron chi connectivity index (χ3n) is 21.0. The number of hydrogen-bond acceptors (Lipinski definition) is 21. The third kappa shape index (κ3) is 9.27. The number of rotatable bonds is 10. The molecule has 0 aromatic rings. The van der Waals surface area contributed by atoms with Crippen molar-refractivity contribution in [3.05, 3.63) is 11.6 Å². The van der Waals surface area contributed by atoms with Crippen molar-refractivity contribution in [2.75, 3.05) is 19.8 Å². The number of allylic oxidation sites excluding steroid dienone is 2. The van der Waals surface area contributed by atoms with Gasteiger partial charge in [0.25, 0.3) is 0 Å². The van der Waals surface area contributed by atoms with Crippen LogP contribution in [-0.2, 0) is 42.7 Å². The van der Waals surface area contributed by atoms with E-state index >= 15 is 4.79 Å². The van der Waals surface area contributed by atoms with E-state index in [1.807, 2.05) is 0 Å². The van der Waals surface area contributed by atoms with E-state index in [0.29, 0.717) is 25.2 Å². The van der Waals surface area contributed by atoms with Gasteiger partial charge in [-0.3, -0.25) is 4.79 Å². The lowest BCUT2D eigenvalue weighted by molar-refractivity contribution is -0.361. The summed E-state index contributed by atoms with van der Waals surface area (Å²) in [5.74, 6) is -0.203. The van der Waals surface area contributed by atoms with Gasteiger partial charge >= 0.3 is 5.97 Å². The Kier molecular flexibility index (Phi) is 15.8. The van der Waals surface area contributed by atoms with Crippen molar-refractivity contribution in [2.24, 2.45) is 50.2 Å². The van der Waals surface area contributed by atoms with Crippen LogP contribution in [0, 0.1) is 50.2 Å². The lowest BCUT2D eigenvalue weighted by Crippen LogP contribution is -2.66. The van der Waals surface area contributed by atoms with Gasteiger partial charge in [0.15, 0.2) is 18.9 Å². The van der Waals surface area contributed by atoms with Crippen LogP contribution in [0.5, 0.6) is 0 Å². The van der Waals surface area contributed by atoms with Crippen LogP contribution in [0.2, 0.25) is 0 Å². The molecule has 4 heterocycles. The Balaban J connectivity index is 0.891. The largest absolute Gasteiger partial charge is 0.432 e. The summed E-state index contributed by atoms with van der Waals surface area (Å²) in [5, 5.41) is 128. The molecule has 9 rings (SSSR count). The summed E-state index contributed by atoms with van der Waals surface area (Å²) in [7, 11) is 0. The minimum Gasteiger partial charge on any atom is -0.432 e. The van der Waals surface area contributed by atoms with Crippen LogP contribution in [0.3, 0.4) is 0 Å². The summed E-state index contributed by atoms with van der Waals surface area (Å²) in [6.07, 6.45) is -19.6. The number of carbonyl (C=O) groups excluding carboxylic acids is 1. The van der Waals surface area contributed by atoms with Crippen molar-refractivity contribution < 1.29 is 104 Å². The van der Waals surface area contributed by atoms with Gasteiger partial charge in [-0.25, -0.2) is 0 Å². The molecule has 27 atom stereocenters. The average molecular weight is 1060 g/mol. The van der Waals surface area contributed by atoms with Crippen LogP contribution in [0.4, 0.5) is 0 Å². The van der Waals surface area contributed by atoms with Crippen LogP contribution >= 0.6 is 0 Å². The number of hydrogen-bond donors (Lipinski definition) is 12. The zero-order chi connectivity index (χ0) is 54.0. The monoisotopic (exact) mass is 1060 g/mol. The van der Waals surface area contributed by atoms with Gasteiger partial charge in [0, 0.05) is 0 Å². The quantitative estimate of drug-likeness (QED) is 0.0755. The van der Waals surface area contributed by atoms with Crippen LogP contribution in [0.15, 0.2) is 11.6 Å². The molecule has 3 unspecified atom stereocenters. The second kappa shape index (κ2) is 20.5. The zero-order valence-corrected chi connectivity index (χ0v) is 44.1. The summed E-state index contributed by atoms with van der Waals surface area (Å²) in [5.41, 5.74) is -0.647. The maximum absolute atomic E-state index is 15.1. The van der Waals surface area contributed by atoms with E-state index in [4.69, 9.17) is 37.9 Å². The second-order valence-electron chi connectivity index (χ2n) is 25.8. The highest BCUT2D eigenvalue weighted by atomic mass is 16.8. The standard InChI is InChI=1S/C53H86O21/c1-23-32(56)35(59)39(63)45(69-23)73-42-27(20-54)70-43(41(65)37(42)61)68-22-28-34(58)36(60)40(64)46(71-28)74-47(66)53-17-15-48(2,3)19-25(53)24-9-10-30-50(6)13-12-31(72-44-38(62)33(57)26(55)21-67-44)49(4,5)29(50)11-14-52(30,8)51(24,7)16-18-53/h9,23,25-46,54-65H,10-22H2,1-8H3/t23-,25-,26-,27+,28+,29-,30+,31-,32-,33-,34+,35+,36-,37+,38+,39+,40+,41+,42+,43+,44-,45-,46-,50-,51?,52?,53?/m0/s1. The minimum absolute atomic E-state index is 0.0778. The molecule has 5 aliphatic carbocycles. The Morgan fingerprint density at radius 2 is 1.27 bits per heavy atom. The highest BCUT2D eigenvalue weighted by Crippen LogP contribution is 2.76. The molecule has 0 bridgehead atoms. The Labute approximate surface area is 433 Å². The topological polar surface area (TPSA) is 334 Å². The number of fused-ring (bicyclic) bond motifs is 7. The third-order valence-corrected chi connectivity index (χ3v) is 21.0. The number of aliphatic hydroxyl groups excluding tert-OH is 12. The zero-order valence-electron chi connectivity index (χ0n) is 44.1. The fourth-order valence-electron chi connectivity index (χ4n) is 16.1. The highest BCUT2D eigenvalue weighted by Gasteiger charge is 2.70. The van der Waals surface area contributed by atoms with E-state index in [9.17, 15) is 61.3 Å². The molecule has 9 aliphatic rings. The molecule has 21 nitrogen and oxygen atoms in total. The van der Waals surface area contributed by atoms with Gasteiger partial charge in [0.05, 0.1) is 37.4 Å². The predicted molar refractivity (Wildman–Crippen MR) is 255 cm³/mol. The van der Waals surface area contributed by atoms with Crippen LogP contribution in [0.1, 0.15) is 120 Å². The van der Waals surface area contributed by atoms with Gasteiger partial charge in [-0.15, -0.1) is 0 Å². The van der Waals surface area contributed by atoms with Crippen molar-refractivity contribution in [3.63, 3.8) is 0 Å². The van der Waals surface area contributed by atoms with E-state index in [1.165, 1.54) is 12.5 Å². The first-order chi connectivity index (χ1) is 34.6. The summed E-state index contributed by atoms with van der Waals surface area (Å²) in [6, 6.07) is 0. The first kappa shape index (κ1) is 57.1. The molecule has 4 saturated carbocycles. The Morgan fingerprint density at radius 3 is 1.97 bits per heavy atom. The number of ether oxygens (including phenoxy) is 8. The van der Waals surface area contributed by atoms with Gasteiger partial charge < -0.3 is 99.2 Å². The van der Waals surface area contributed by atoms with E-state index in [-0.39, 0.29) is 51.6 Å². The number of aliphatic hydroxyl groups is 12. The van der Waals surface area contributed by atoms with Crippen molar-refractivity contribution in [1.82, 2.24) is 0 Å². The molecule has 74 heavy (non-hydrogen) atoms. The first-order valence-corrected chi connectivity index (χ1v) is 27.1. The molecule has 424 valence electrons. The predicted octanol–water partition coefficient (Wildman–Crippen LogP) is -0.369. The molecule has 0 aromatic carbocycles. The van der Waals surface area contributed by atoms with Crippen LogP contribution in [0.25, 0.3) is 0 Å². The number of carbonyl (C=O) groups is 1. The molecule has 8 fully saturated rings. The van der Waals surface area contributed by atoms with Crippen molar-refractivity contribution in [1.29, 1.82) is 0 Å². The van der Waals surface area contributed by atoms with E-state index in [0.717, 1.165) is 44.9 Å². The Morgan fingerprint density at radius 1 is 0.635 bits per heavy atom. The van der Waals surface area contributed by atoms with Crippen molar-refractivity contribution in [3.8, 4) is 0 Å². The van der Waals surface area contributed by atoms with Crippen LogP contribution in [-0.4, -0.2) is 210 Å². The summed E-state index contributed by atoms with van der Waals surface area (Å²) in [6.45, 7) is 16.1. The van der Waals surface area contributed by atoms with Gasteiger partial charge in [-0.1, -0.05) is 60.1 Å². The van der Waals surface area contributed by atoms with E-state index in [1.54, 1.807) is 0 Å².